The molecule has 0 aliphatic heterocycles. The van der Waals surface area contributed by atoms with Gasteiger partial charge in [0.1, 0.15) is 12.3 Å². The molecule has 0 saturated heterocycles. The number of aromatic nitrogens is 4. The van der Waals surface area contributed by atoms with Gasteiger partial charge in [-0.3, -0.25) is 14.2 Å². The highest BCUT2D eigenvalue weighted by molar-refractivity contribution is 5.90. The molecule has 4 rings (SSSR count). The number of hydrogen-bond donors (Lipinski definition) is 1. The Hall–Kier alpha value is -4.14. The van der Waals surface area contributed by atoms with Gasteiger partial charge < -0.3 is 14.6 Å². The van der Waals surface area contributed by atoms with Crippen molar-refractivity contribution in [1.29, 1.82) is 0 Å². The van der Waals surface area contributed by atoms with E-state index in [4.69, 9.17) is 4.74 Å². The van der Waals surface area contributed by atoms with E-state index in [0.717, 1.165) is 10.1 Å². The highest BCUT2D eigenvalue weighted by Gasteiger charge is 2.20. The molecule has 176 valence electrons. The number of carbonyl (C=O) groups is 1. The third kappa shape index (κ3) is 4.78. The van der Waals surface area contributed by atoms with Crippen LogP contribution >= 0.6 is 0 Å². The minimum absolute atomic E-state index is 0.231. The van der Waals surface area contributed by atoms with Gasteiger partial charge in [0, 0.05) is 12.2 Å². The Morgan fingerprint density at radius 3 is 2.38 bits per heavy atom. The zero-order chi connectivity index (χ0) is 24.2. The molecule has 1 N–H and O–H groups in total. The maximum Gasteiger partial charge on any atom is 0.333 e. The summed E-state index contributed by atoms with van der Waals surface area (Å²) in [6.07, 6.45) is 1.58. The van der Waals surface area contributed by atoms with Crippen LogP contribution < -0.4 is 21.3 Å². The molecule has 0 bridgehead atoms. The van der Waals surface area contributed by atoms with Gasteiger partial charge in [0.25, 0.3) is 5.56 Å². The van der Waals surface area contributed by atoms with Crippen molar-refractivity contribution in [3.05, 3.63) is 87.3 Å². The fourth-order valence-corrected chi connectivity index (χ4v) is 3.84. The number of rotatable bonds is 8. The van der Waals surface area contributed by atoms with Gasteiger partial charge in [-0.2, -0.15) is 0 Å². The van der Waals surface area contributed by atoms with Crippen LogP contribution in [0.2, 0.25) is 0 Å². The van der Waals surface area contributed by atoms with E-state index in [1.165, 1.54) is 4.57 Å². The quantitative estimate of drug-likeness (QED) is 0.435. The lowest BCUT2D eigenvalue weighted by atomic mass is 10.2. The maximum atomic E-state index is 13.4. The molecule has 9 heteroatoms. The number of methoxy groups -OCH3 is 1. The second-order valence-electron chi connectivity index (χ2n) is 8.49. The molecule has 1 amide bonds. The normalized spacial score (nSPS) is 11.2. The van der Waals surface area contributed by atoms with Crippen LogP contribution in [0.15, 0.2) is 70.5 Å². The van der Waals surface area contributed by atoms with Crippen molar-refractivity contribution in [2.24, 2.45) is 5.92 Å². The average molecular weight is 462 g/mol. The zero-order valence-corrected chi connectivity index (χ0v) is 19.4. The number of anilines is 1. The molecule has 0 fully saturated rings. The molecule has 2 aromatic carbocycles. The van der Waals surface area contributed by atoms with Gasteiger partial charge in [-0.25, -0.2) is 14.3 Å². The van der Waals surface area contributed by atoms with Crippen LogP contribution in [0.5, 0.6) is 5.75 Å². The number of fused-ring (bicyclic) bond motifs is 1. The minimum atomic E-state index is -0.582. The smallest absolute Gasteiger partial charge is 0.333 e. The molecule has 0 unspecified atom stereocenters. The molecule has 9 nitrogen and oxygen atoms in total. The van der Waals surface area contributed by atoms with Crippen molar-refractivity contribution in [2.75, 3.05) is 12.4 Å². The summed E-state index contributed by atoms with van der Waals surface area (Å²) >= 11 is 0. The predicted molar refractivity (Wildman–Crippen MR) is 130 cm³/mol. The second-order valence-corrected chi connectivity index (χ2v) is 8.49. The standard InChI is InChI=1S/C25H27N5O4/c1-17(2)13-28-16-26-23-22(28)24(32)30(25(33)29(23)14-18-7-5-4-6-8-18)15-21(31)27-19-9-11-20(34-3)12-10-19/h4-12,16-17H,13-15H2,1-3H3,(H,27,31). The highest BCUT2D eigenvalue weighted by atomic mass is 16.5. The molecule has 2 aromatic heterocycles. The summed E-state index contributed by atoms with van der Waals surface area (Å²) in [7, 11) is 1.56. The number of ether oxygens (including phenoxy) is 1. The molecule has 0 saturated carbocycles. The largest absolute Gasteiger partial charge is 0.497 e. The number of nitrogens with zero attached hydrogens (tertiary/aromatic N) is 4. The van der Waals surface area contributed by atoms with E-state index in [1.54, 1.807) is 42.3 Å². The van der Waals surface area contributed by atoms with Crippen molar-refractivity contribution in [3.8, 4) is 5.75 Å². The highest BCUT2D eigenvalue weighted by Crippen LogP contribution is 2.15. The van der Waals surface area contributed by atoms with Crippen LogP contribution in [0.3, 0.4) is 0 Å². The van der Waals surface area contributed by atoms with Gasteiger partial charge in [-0.1, -0.05) is 44.2 Å². The Morgan fingerprint density at radius 2 is 1.74 bits per heavy atom. The topological polar surface area (TPSA) is 100 Å². The molecule has 4 aromatic rings. The number of hydrogen-bond acceptors (Lipinski definition) is 5. The molecule has 0 spiro atoms. The Bertz CT molecular complexity index is 1420. The number of imidazole rings is 1. The van der Waals surface area contributed by atoms with Crippen LogP contribution in [-0.4, -0.2) is 31.7 Å². The summed E-state index contributed by atoms with van der Waals surface area (Å²) in [6.45, 7) is 4.45. The van der Waals surface area contributed by atoms with Gasteiger partial charge in [0.15, 0.2) is 11.2 Å². The summed E-state index contributed by atoms with van der Waals surface area (Å²) in [5.41, 5.74) is 0.924. The molecular weight excluding hydrogens is 434 g/mol. The first-order chi connectivity index (χ1) is 16.4. The van der Waals surface area contributed by atoms with E-state index in [2.05, 4.69) is 10.3 Å². The van der Waals surface area contributed by atoms with E-state index in [0.29, 0.717) is 29.1 Å². The lowest BCUT2D eigenvalue weighted by Gasteiger charge is -2.14. The molecule has 0 aliphatic carbocycles. The number of amides is 1. The Kier molecular flexibility index (Phi) is 6.62. The third-order valence-corrected chi connectivity index (χ3v) is 5.40. The van der Waals surface area contributed by atoms with E-state index in [-0.39, 0.29) is 12.5 Å². The van der Waals surface area contributed by atoms with Crippen LogP contribution in [0.25, 0.3) is 11.2 Å². The van der Waals surface area contributed by atoms with Crippen LogP contribution in [0.4, 0.5) is 5.69 Å². The summed E-state index contributed by atoms with van der Waals surface area (Å²) in [5.74, 6) is 0.435. The molecule has 0 radical (unpaired) electrons. The molecule has 0 aliphatic rings. The SMILES string of the molecule is COc1ccc(NC(=O)Cn2c(=O)c3c(ncn3CC(C)C)n(Cc3ccccc3)c2=O)cc1. The van der Waals surface area contributed by atoms with Gasteiger partial charge >= 0.3 is 5.69 Å². The summed E-state index contributed by atoms with van der Waals surface area (Å²) in [6, 6.07) is 16.3. The first kappa shape index (κ1) is 23.0. The van der Waals surface area contributed by atoms with E-state index >= 15 is 0 Å². The van der Waals surface area contributed by atoms with Gasteiger partial charge in [-0.05, 0) is 35.7 Å². The molecule has 0 atom stereocenters. The lowest BCUT2D eigenvalue weighted by molar-refractivity contribution is -0.116. The number of nitrogens with one attached hydrogen (secondary N) is 1. The van der Waals surface area contributed by atoms with Gasteiger partial charge in [0.05, 0.1) is 20.0 Å². The zero-order valence-electron chi connectivity index (χ0n) is 19.4. The van der Waals surface area contributed by atoms with Gasteiger partial charge in [-0.15, -0.1) is 0 Å². The van der Waals surface area contributed by atoms with E-state index in [1.807, 2.05) is 44.2 Å². The fourth-order valence-electron chi connectivity index (χ4n) is 3.84. The summed E-state index contributed by atoms with van der Waals surface area (Å²) < 4.78 is 9.30. The van der Waals surface area contributed by atoms with Gasteiger partial charge in [0.2, 0.25) is 5.91 Å². The Balaban J connectivity index is 1.75. The Morgan fingerprint density at radius 1 is 1.03 bits per heavy atom. The van der Waals surface area contributed by atoms with Crippen LogP contribution in [0.1, 0.15) is 19.4 Å². The fraction of sp³-hybridized carbons (Fsp3) is 0.280. The molecular formula is C25H27N5O4. The Labute approximate surface area is 196 Å². The lowest BCUT2D eigenvalue weighted by Crippen LogP contribution is -2.43. The maximum absolute atomic E-state index is 13.4. The van der Waals surface area contributed by atoms with Crippen molar-refractivity contribution >= 4 is 22.8 Å². The van der Waals surface area contributed by atoms with Crippen LogP contribution in [-0.2, 0) is 24.4 Å². The third-order valence-electron chi connectivity index (χ3n) is 5.40. The van der Waals surface area contributed by atoms with Crippen molar-refractivity contribution in [2.45, 2.75) is 33.5 Å². The molecule has 2 heterocycles. The minimum Gasteiger partial charge on any atom is -0.497 e. The van der Waals surface area contributed by atoms with Crippen molar-refractivity contribution < 1.29 is 9.53 Å². The summed E-state index contributed by atoms with van der Waals surface area (Å²) in [4.78, 5) is 43.9. The average Bonchev–Trinajstić information content (AvgIpc) is 3.23. The second kappa shape index (κ2) is 9.78. The first-order valence-corrected chi connectivity index (χ1v) is 11.0. The monoisotopic (exact) mass is 461 g/mol. The van der Waals surface area contributed by atoms with E-state index in [9.17, 15) is 14.4 Å². The van der Waals surface area contributed by atoms with Crippen molar-refractivity contribution in [1.82, 2.24) is 18.7 Å². The summed E-state index contributed by atoms with van der Waals surface area (Å²) in [5, 5.41) is 2.73. The first-order valence-electron chi connectivity index (χ1n) is 11.0. The van der Waals surface area contributed by atoms with E-state index < -0.39 is 23.7 Å². The molecule has 34 heavy (non-hydrogen) atoms. The van der Waals surface area contributed by atoms with Crippen LogP contribution in [0, 0.1) is 5.92 Å². The predicted octanol–water partition coefficient (Wildman–Crippen LogP) is 2.71. The van der Waals surface area contributed by atoms with Crippen molar-refractivity contribution in [3.63, 3.8) is 0 Å². The number of carbonyl (C=O) groups excluding carboxylic acids is 1. The number of benzene rings is 2.